The summed E-state index contributed by atoms with van der Waals surface area (Å²) in [6.45, 7) is 0. The molecule has 0 bridgehead atoms. The summed E-state index contributed by atoms with van der Waals surface area (Å²) in [4.78, 5) is 4.76. The summed E-state index contributed by atoms with van der Waals surface area (Å²) in [5, 5.41) is 2.32. The summed E-state index contributed by atoms with van der Waals surface area (Å²) in [5.74, 6) is 1.03. The molecule has 2 heteroatoms. The van der Waals surface area contributed by atoms with E-state index in [1.165, 1.54) is 49.9 Å². The van der Waals surface area contributed by atoms with E-state index in [1.54, 1.807) is 0 Å². The minimum atomic E-state index is -0.509. The zero-order valence-electron chi connectivity index (χ0n) is 20.5. The van der Waals surface area contributed by atoms with Crippen molar-refractivity contribution in [1.29, 1.82) is 0 Å². The summed E-state index contributed by atoms with van der Waals surface area (Å²) in [6, 6.07) is 43.6. The maximum absolute atomic E-state index is 6.85. The summed E-state index contributed by atoms with van der Waals surface area (Å²) in [7, 11) is 0. The monoisotopic (exact) mass is 483 g/mol. The van der Waals surface area contributed by atoms with Crippen molar-refractivity contribution < 1.29 is 4.42 Å². The third kappa shape index (κ3) is 2.32. The van der Waals surface area contributed by atoms with E-state index in [1.807, 2.05) is 12.3 Å². The smallest absolute Gasteiger partial charge is 0.135 e. The van der Waals surface area contributed by atoms with Crippen LogP contribution in [-0.2, 0) is 5.41 Å². The van der Waals surface area contributed by atoms with Crippen LogP contribution in [0, 0.1) is 0 Å². The first kappa shape index (κ1) is 20.1. The molecule has 2 aliphatic carbocycles. The first-order valence-electron chi connectivity index (χ1n) is 13.1. The lowest BCUT2D eigenvalue weighted by Crippen LogP contribution is -2.25. The minimum Gasteiger partial charge on any atom is -0.459 e. The van der Waals surface area contributed by atoms with Gasteiger partial charge in [0, 0.05) is 28.1 Å². The quantitative estimate of drug-likeness (QED) is 0.233. The Bertz CT molecular complexity index is 2050. The van der Waals surface area contributed by atoms with E-state index in [-0.39, 0.29) is 0 Å². The van der Waals surface area contributed by atoms with Crippen molar-refractivity contribution in [2.45, 2.75) is 5.41 Å². The van der Waals surface area contributed by atoms with Gasteiger partial charge in [-0.2, -0.15) is 0 Å². The SMILES string of the molecule is c1ccc2c(c1)-c1ccccc1C21c2cc(-c3cccc4cccnc34)ccc2-c2c1oc1ccccc21. The molecule has 38 heavy (non-hydrogen) atoms. The Morgan fingerprint density at radius 3 is 2.11 bits per heavy atom. The van der Waals surface area contributed by atoms with E-state index >= 15 is 0 Å². The van der Waals surface area contributed by atoms with Crippen molar-refractivity contribution in [3.63, 3.8) is 0 Å². The van der Waals surface area contributed by atoms with E-state index in [4.69, 9.17) is 9.40 Å². The van der Waals surface area contributed by atoms with Crippen LogP contribution >= 0.6 is 0 Å². The summed E-state index contributed by atoms with van der Waals surface area (Å²) in [6.07, 6.45) is 1.88. The Hall–Kier alpha value is -4.95. The largest absolute Gasteiger partial charge is 0.459 e. The molecule has 0 amide bonds. The molecule has 1 spiro atoms. The zero-order chi connectivity index (χ0) is 24.8. The molecule has 0 unspecified atom stereocenters. The van der Waals surface area contributed by atoms with E-state index in [9.17, 15) is 0 Å². The van der Waals surface area contributed by atoms with Crippen LogP contribution < -0.4 is 0 Å². The molecule has 0 aliphatic heterocycles. The standard InChI is InChI=1S/C36H21NO/c1-4-15-29-25(11-1)26-12-2-5-16-30(26)36(29)31-21-23(24-14-7-9-22-10-8-20-37-34(22)24)18-19-27(31)33-28-13-3-6-17-32(28)38-35(33)36/h1-21H. The third-order valence-electron chi connectivity index (χ3n) is 8.53. The fraction of sp³-hybridized carbons (Fsp3) is 0.0278. The van der Waals surface area contributed by atoms with Gasteiger partial charge in [0.15, 0.2) is 0 Å². The molecule has 0 radical (unpaired) electrons. The minimum absolute atomic E-state index is 0.509. The molecule has 0 saturated heterocycles. The van der Waals surface area contributed by atoms with Crippen molar-refractivity contribution in [1.82, 2.24) is 4.98 Å². The van der Waals surface area contributed by atoms with Crippen LogP contribution in [0.1, 0.15) is 22.5 Å². The maximum atomic E-state index is 6.85. The lowest BCUT2D eigenvalue weighted by molar-refractivity contribution is 0.507. The van der Waals surface area contributed by atoms with Crippen LogP contribution in [-0.4, -0.2) is 4.98 Å². The van der Waals surface area contributed by atoms with Crippen LogP contribution in [0.3, 0.4) is 0 Å². The molecule has 176 valence electrons. The Morgan fingerprint density at radius 1 is 0.553 bits per heavy atom. The number of aromatic nitrogens is 1. The zero-order valence-corrected chi connectivity index (χ0v) is 20.5. The van der Waals surface area contributed by atoms with Crippen LogP contribution in [0.25, 0.3) is 55.3 Å². The van der Waals surface area contributed by atoms with Crippen LogP contribution in [0.5, 0.6) is 0 Å². The molecular weight excluding hydrogens is 462 g/mol. The van der Waals surface area contributed by atoms with Gasteiger partial charge in [0.2, 0.25) is 0 Å². The number of hydrogen-bond acceptors (Lipinski definition) is 2. The van der Waals surface area contributed by atoms with Crippen molar-refractivity contribution >= 4 is 21.9 Å². The Morgan fingerprint density at radius 2 is 1.26 bits per heavy atom. The number of rotatable bonds is 1. The van der Waals surface area contributed by atoms with Crippen LogP contribution in [0.4, 0.5) is 0 Å². The average molecular weight is 484 g/mol. The summed E-state index contributed by atoms with van der Waals surface area (Å²) in [5.41, 5.74) is 12.6. The lowest BCUT2D eigenvalue weighted by atomic mass is 9.72. The highest BCUT2D eigenvalue weighted by atomic mass is 16.3. The van der Waals surface area contributed by atoms with Gasteiger partial charge >= 0.3 is 0 Å². The van der Waals surface area contributed by atoms with Gasteiger partial charge in [-0.1, -0.05) is 103 Å². The third-order valence-corrected chi connectivity index (χ3v) is 8.53. The molecule has 0 atom stereocenters. The molecule has 7 aromatic rings. The van der Waals surface area contributed by atoms with E-state index < -0.39 is 5.41 Å². The average Bonchev–Trinajstić information content (AvgIpc) is 3.60. The van der Waals surface area contributed by atoms with Gasteiger partial charge < -0.3 is 4.42 Å². The van der Waals surface area contributed by atoms with E-state index in [0.717, 1.165) is 27.8 Å². The van der Waals surface area contributed by atoms with Crippen LogP contribution in [0.2, 0.25) is 0 Å². The Kier molecular flexibility index (Phi) is 3.76. The summed E-state index contributed by atoms with van der Waals surface area (Å²) >= 11 is 0. The topological polar surface area (TPSA) is 26.0 Å². The number of furan rings is 1. The van der Waals surface area contributed by atoms with Gasteiger partial charge in [-0.3, -0.25) is 4.98 Å². The molecule has 2 aromatic heterocycles. The fourth-order valence-electron chi connectivity index (χ4n) is 7.05. The molecule has 9 rings (SSSR count). The van der Waals surface area contributed by atoms with Gasteiger partial charge in [-0.25, -0.2) is 0 Å². The van der Waals surface area contributed by atoms with Gasteiger partial charge in [-0.15, -0.1) is 0 Å². The van der Waals surface area contributed by atoms with Crippen molar-refractivity contribution in [2.24, 2.45) is 0 Å². The molecular formula is C36H21NO. The van der Waals surface area contributed by atoms with E-state index in [0.29, 0.717) is 0 Å². The number of para-hydroxylation sites is 2. The maximum Gasteiger partial charge on any atom is 0.135 e. The van der Waals surface area contributed by atoms with Gasteiger partial charge in [0.1, 0.15) is 16.8 Å². The van der Waals surface area contributed by atoms with Crippen molar-refractivity contribution in [3.05, 3.63) is 150 Å². The fourth-order valence-corrected chi connectivity index (χ4v) is 7.05. The number of nitrogens with zero attached hydrogens (tertiary/aromatic N) is 1. The van der Waals surface area contributed by atoms with Gasteiger partial charge in [-0.05, 0) is 57.1 Å². The van der Waals surface area contributed by atoms with Gasteiger partial charge in [0.25, 0.3) is 0 Å². The molecule has 0 N–H and O–H groups in total. The second-order valence-corrected chi connectivity index (χ2v) is 10.3. The number of hydrogen-bond donors (Lipinski definition) is 0. The summed E-state index contributed by atoms with van der Waals surface area (Å²) < 4.78 is 6.85. The normalized spacial score (nSPS) is 14.0. The van der Waals surface area contributed by atoms with Crippen molar-refractivity contribution in [3.8, 4) is 33.4 Å². The predicted molar refractivity (Wildman–Crippen MR) is 153 cm³/mol. The highest BCUT2D eigenvalue weighted by Crippen LogP contribution is 2.64. The molecule has 2 nitrogen and oxygen atoms in total. The predicted octanol–water partition coefficient (Wildman–Crippen LogP) is 8.99. The second kappa shape index (κ2) is 7.08. The molecule has 5 aromatic carbocycles. The number of fused-ring (bicyclic) bond motifs is 13. The van der Waals surface area contributed by atoms with E-state index in [2.05, 4.69) is 115 Å². The number of benzene rings is 5. The first-order chi connectivity index (χ1) is 18.9. The molecule has 2 heterocycles. The van der Waals surface area contributed by atoms with Crippen molar-refractivity contribution in [2.75, 3.05) is 0 Å². The molecule has 2 aliphatic rings. The second-order valence-electron chi connectivity index (χ2n) is 10.3. The van der Waals surface area contributed by atoms with Crippen LogP contribution in [0.15, 0.2) is 132 Å². The van der Waals surface area contributed by atoms with Gasteiger partial charge in [0.05, 0.1) is 5.52 Å². The Balaban J connectivity index is 1.45. The number of pyridine rings is 1. The highest BCUT2D eigenvalue weighted by molar-refractivity contribution is 6.05. The molecule has 0 saturated carbocycles. The lowest BCUT2D eigenvalue weighted by Gasteiger charge is -2.28. The molecule has 0 fully saturated rings. The Labute approximate surface area is 219 Å². The first-order valence-corrected chi connectivity index (χ1v) is 13.1. The highest BCUT2D eigenvalue weighted by Gasteiger charge is 2.55.